The molecule has 1 N–H and O–H groups in total. The molecule has 0 saturated carbocycles. The molecule has 114 valence electrons. The van der Waals surface area contributed by atoms with E-state index in [0.717, 1.165) is 37.0 Å². The van der Waals surface area contributed by atoms with Gasteiger partial charge in [0.25, 0.3) is 0 Å². The third kappa shape index (κ3) is 3.81. The number of aryl methyl sites for hydroxylation is 1. The molecule has 3 heterocycles. The van der Waals surface area contributed by atoms with Crippen LogP contribution < -0.4 is 4.90 Å². The van der Waals surface area contributed by atoms with Crippen molar-refractivity contribution in [1.29, 1.82) is 0 Å². The number of hydrogen-bond acceptors (Lipinski definition) is 6. The number of β-amino-alcohol motifs (C(OH)–C–C–N with tert-alkyl or cyclic N) is 1. The van der Waals surface area contributed by atoms with Crippen LogP contribution in [-0.2, 0) is 6.54 Å². The van der Waals surface area contributed by atoms with Crippen LogP contribution in [0.1, 0.15) is 5.69 Å². The zero-order valence-corrected chi connectivity index (χ0v) is 13.0. The van der Waals surface area contributed by atoms with Crippen molar-refractivity contribution in [2.45, 2.75) is 19.6 Å². The highest BCUT2D eigenvalue weighted by Gasteiger charge is 2.21. The van der Waals surface area contributed by atoms with Gasteiger partial charge in [-0.25, -0.2) is 4.98 Å². The van der Waals surface area contributed by atoms with Gasteiger partial charge < -0.3 is 10.0 Å². The Morgan fingerprint density at radius 1 is 1.29 bits per heavy atom. The number of aliphatic hydroxyl groups excluding tert-OH is 1. The lowest BCUT2D eigenvalue weighted by Crippen LogP contribution is -2.49. The third-order valence-corrected chi connectivity index (χ3v) is 4.69. The number of rotatable bonds is 5. The molecule has 1 atom stereocenters. The summed E-state index contributed by atoms with van der Waals surface area (Å²) in [6, 6.07) is 1.88. The van der Waals surface area contributed by atoms with Crippen molar-refractivity contribution in [1.82, 2.24) is 19.7 Å². The molecule has 21 heavy (non-hydrogen) atoms. The van der Waals surface area contributed by atoms with Crippen LogP contribution in [0.15, 0.2) is 23.8 Å². The molecule has 0 spiro atoms. The topological polar surface area (TPSA) is 57.4 Å². The zero-order chi connectivity index (χ0) is 14.7. The van der Waals surface area contributed by atoms with Gasteiger partial charge in [0.2, 0.25) is 0 Å². The fourth-order valence-corrected chi connectivity index (χ4v) is 3.45. The summed E-state index contributed by atoms with van der Waals surface area (Å²) in [7, 11) is 0. The molecule has 2 aromatic heterocycles. The van der Waals surface area contributed by atoms with E-state index in [1.54, 1.807) is 22.2 Å². The van der Waals surface area contributed by atoms with E-state index in [4.69, 9.17) is 0 Å². The van der Waals surface area contributed by atoms with E-state index in [2.05, 4.69) is 25.3 Å². The summed E-state index contributed by atoms with van der Waals surface area (Å²) < 4.78 is 1.78. The van der Waals surface area contributed by atoms with Crippen LogP contribution in [-0.4, -0.2) is 63.6 Å². The average molecular weight is 307 g/mol. The Morgan fingerprint density at radius 2 is 2.10 bits per heavy atom. The van der Waals surface area contributed by atoms with Crippen LogP contribution >= 0.6 is 11.3 Å². The molecule has 0 aromatic carbocycles. The maximum atomic E-state index is 10.1. The Bertz CT molecular complexity index is 547. The minimum absolute atomic E-state index is 0.376. The fraction of sp³-hybridized carbons (Fsp3) is 0.571. The van der Waals surface area contributed by atoms with Gasteiger partial charge >= 0.3 is 0 Å². The zero-order valence-electron chi connectivity index (χ0n) is 12.2. The summed E-state index contributed by atoms with van der Waals surface area (Å²) in [6.45, 7) is 7.16. The molecule has 6 nitrogen and oxygen atoms in total. The van der Waals surface area contributed by atoms with Crippen LogP contribution in [0.2, 0.25) is 0 Å². The van der Waals surface area contributed by atoms with Gasteiger partial charge in [0, 0.05) is 50.5 Å². The van der Waals surface area contributed by atoms with E-state index < -0.39 is 0 Å². The second-order valence-electron chi connectivity index (χ2n) is 5.44. The largest absolute Gasteiger partial charge is 0.390 e. The molecule has 2 aromatic rings. The smallest absolute Gasteiger partial charge is 0.185 e. The van der Waals surface area contributed by atoms with E-state index >= 15 is 0 Å². The van der Waals surface area contributed by atoms with Gasteiger partial charge in [0.05, 0.1) is 18.3 Å². The Hall–Kier alpha value is -1.44. The minimum atomic E-state index is -0.376. The molecule has 0 amide bonds. The number of nitrogens with zero attached hydrogens (tertiary/aromatic N) is 5. The van der Waals surface area contributed by atoms with Crippen LogP contribution in [0.3, 0.4) is 0 Å². The van der Waals surface area contributed by atoms with Crippen LogP contribution in [0.5, 0.6) is 0 Å². The second kappa shape index (κ2) is 6.55. The van der Waals surface area contributed by atoms with E-state index in [0.29, 0.717) is 13.1 Å². The molecule has 0 unspecified atom stereocenters. The van der Waals surface area contributed by atoms with Crippen molar-refractivity contribution < 1.29 is 5.11 Å². The van der Waals surface area contributed by atoms with Crippen molar-refractivity contribution in [2.75, 3.05) is 37.6 Å². The second-order valence-corrected chi connectivity index (χ2v) is 6.28. The van der Waals surface area contributed by atoms with Crippen molar-refractivity contribution in [3.8, 4) is 0 Å². The van der Waals surface area contributed by atoms with Crippen molar-refractivity contribution in [3.63, 3.8) is 0 Å². The summed E-state index contributed by atoms with van der Waals surface area (Å²) in [5.74, 6) is 0. The standard InChI is InChI=1S/C14H21N5OS/c1-12-11-21-14(16-12)18-7-5-17(6-8-18)9-13(20)10-19-4-2-3-15-19/h2-4,11,13,20H,5-10H2,1H3/t13-/m1/s1. The number of hydrogen-bond donors (Lipinski definition) is 1. The van der Waals surface area contributed by atoms with Crippen molar-refractivity contribution in [2.24, 2.45) is 0 Å². The number of aliphatic hydroxyl groups is 1. The molecule has 1 saturated heterocycles. The number of aromatic nitrogens is 3. The summed E-state index contributed by atoms with van der Waals surface area (Å²) in [5.41, 5.74) is 1.09. The van der Waals surface area contributed by atoms with Gasteiger partial charge in [0.15, 0.2) is 5.13 Å². The first-order valence-electron chi connectivity index (χ1n) is 7.25. The summed E-state index contributed by atoms with van der Waals surface area (Å²) in [4.78, 5) is 9.17. The van der Waals surface area contributed by atoms with E-state index in [-0.39, 0.29) is 6.10 Å². The first kappa shape index (κ1) is 14.5. The molecular formula is C14H21N5OS. The highest BCUT2D eigenvalue weighted by molar-refractivity contribution is 7.13. The Balaban J connectivity index is 1.45. The summed E-state index contributed by atoms with van der Waals surface area (Å²) in [6.07, 6.45) is 3.24. The third-order valence-electron chi connectivity index (χ3n) is 3.68. The molecule has 0 aliphatic carbocycles. The summed E-state index contributed by atoms with van der Waals surface area (Å²) >= 11 is 1.71. The van der Waals surface area contributed by atoms with Crippen LogP contribution in [0.25, 0.3) is 0 Å². The maximum Gasteiger partial charge on any atom is 0.185 e. The Labute approximate surface area is 128 Å². The van der Waals surface area contributed by atoms with Gasteiger partial charge in [-0.05, 0) is 13.0 Å². The minimum Gasteiger partial charge on any atom is -0.390 e. The van der Waals surface area contributed by atoms with Gasteiger partial charge in [-0.2, -0.15) is 5.10 Å². The van der Waals surface area contributed by atoms with Crippen LogP contribution in [0, 0.1) is 6.92 Å². The Morgan fingerprint density at radius 3 is 2.71 bits per heavy atom. The molecule has 0 radical (unpaired) electrons. The average Bonchev–Trinajstić information content (AvgIpc) is 3.11. The number of piperazine rings is 1. The molecule has 7 heteroatoms. The maximum absolute atomic E-state index is 10.1. The van der Waals surface area contributed by atoms with E-state index in [1.807, 2.05) is 19.2 Å². The van der Waals surface area contributed by atoms with Gasteiger partial charge in [-0.3, -0.25) is 9.58 Å². The van der Waals surface area contributed by atoms with Crippen LogP contribution in [0.4, 0.5) is 5.13 Å². The molecule has 1 aliphatic heterocycles. The van der Waals surface area contributed by atoms with Crippen molar-refractivity contribution >= 4 is 16.5 Å². The predicted octanol–water partition coefficient (Wildman–Crippen LogP) is 0.831. The SMILES string of the molecule is Cc1csc(N2CCN(C[C@@H](O)Cn3cccn3)CC2)n1. The lowest BCUT2D eigenvalue weighted by Gasteiger charge is -2.35. The van der Waals surface area contributed by atoms with Crippen molar-refractivity contribution in [3.05, 3.63) is 29.5 Å². The molecular weight excluding hydrogens is 286 g/mol. The van der Waals surface area contributed by atoms with Gasteiger partial charge in [0.1, 0.15) is 0 Å². The van der Waals surface area contributed by atoms with E-state index in [1.165, 1.54) is 0 Å². The first-order chi connectivity index (χ1) is 10.2. The van der Waals surface area contributed by atoms with E-state index in [9.17, 15) is 5.11 Å². The quantitative estimate of drug-likeness (QED) is 0.887. The molecule has 0 bridgehead atoms. The predicted molar refractivity (Wildman–Crippen MR) is 83.7 cm³/mol. The highest BCUT2D eigenvalue weighted by atomic mass is 32.1. The molecule has 1 fully saturated rings. The Kier molecular flexibility index (Phi) is 4.52. The first-order valence-corrected chi connectivity index (χ1v) is 8.13. The molecule has 1 aliphatic rings. The number of thiazole rings is 1. The number of anilines is 1. The van der Waals surface area contributed by atoms with Gasteiger partial charge in [-0.1, -0.05) is 0 Å². The lowest BCUT2D eigenvalue weighted by molar-refractivity contribution is 0.0920. The summed E-state index contributed by atoms with van der Waals surface area (Å²) in [5, 5.41) is 17.5. The molecule has 3 rings (SSSR count). The monoisotopic (exact) mass is 307 g/mol. The normalized spacial score (nSPS) is 18.1. The highest BCUT2D eigenvalue weighted by Crippen LogP contribution is 2.21. The lowest BCUT2D eigenvalue weighted by atomic mass is 10.2. The fourth-order valence-electron chi connectivity index (χ4n) is 2.59. The van der Waals surface area contributed by atoms with Gasteiger partial charge in [-0.15, -0.1) is 11.3 Å².